The predicted molar refractivity (Wildman–Crippen MR) is 191 cm³/mol. The highest BCUT2D eigenvalue weighted by molar-refractivity contribution is 7.87. The molecule has 0 spiro atoms. The minimum atomic E-state index is -4.20. The fourth-order valence-electron chi connectivity index (χ4n) is 7.60. The van der Waals surface area contributed by atoms with Crippen LogP contribution in [0.4, 0.5) is 0 Å². The average molecular weight is 680 g/mol. The number of ketones is 2. The number of carbonyl (C=O) groups excluding carboxylic acids is 2. The fraction of sp³-hybridized carbons (Fsp3) is 0.366. The first-order valence-corrected chi connectivity index (χ1v) is 18.4. The van der Waals surface area contributed by atoms with Gasteiger partial charge in [0.2, 0.25) is 0 Å². The zero-order valence-corrected chi connectivity index (χ0v) is 29.9. The van der Waals surface area contributed by atoms with Gasteiger partial charge >= 0.3 is 10.1 Å². The first-order valence-electron chi connectivity index (χ1n) is 17.0. The summed E-state index contributed by atoms with van der Waals surface area (Å²) in [5.41, 5.74) is 4.98. The molecular weight excluding hydrogens is 635 g/mol. The van der Waals surface area contributed by atoms with E-state index in [1.54, 1.807) is 30.3 Å². The van der Waals surface area contributed by atoms with Crippen LogP contribution in [0.3, 0.4) is 0 Å². The third-order valence-electron chi connectivity index (χ3n) is 9.58. The first kappa shape index (κ1) is 34.4. The Balaban J connectivity index is 1.59. The van der Waals surface area contributed by atoms with Crippen LogP contribution in [-0.4, -0.2) is 31.5 Å². The molecule has 0 radical (unpaired) electrons. The van der Waals surface area contributed by atoms with Gasteiger partial charge in [-0.15, -0.1) is 6.58 Å². The van der Waals surface area contributed by atoms with E-state index >= 15 is 0 Å². The second-order valence-corrected chi connectivity index (χ2v) is 16.4. The molecule has 1 aliphatic heterocycles. The summed E-state index contributed by atoms with van der Waals surface area (Å²) in [4.78, 5) is 31.1. The summed E-state index contributed by atoms with van der Waals surface area (Å²) in [5.74, 6) is -0.278. The zero-order valence-electron chi connectivity index (χ0n) is 29.0. The molecule has 49 heavy (non-hydrogen) atoms. The summed E-state index contributed by atoms with van der Waals surface area (Å²) in [7, 11) is -4.20. The lowest BCUT2D eigenvalue weighted by molar-refractivity contribution is -0.119. The highest BCUT2D eigenvalue weighted by atomic mass is 32.2. The second-order valence-electron chi connectivity index (χ2n) is 14.9. The molecule has 3 aromatic rings. The quantitative estimate of drug-likeness (QED) is 0.157. The maximum absolute atomic E-state index is 14.4. The maximum atomic E-state index is 14.4. The smallest absolute Gasteiger partial charge is 0.339 e. The van der Waals surface area contributed by atoms with E-state index in [1.165, 1.54) is 12.1 Å². The molecule has 0 saturated carbocycles. The van der Waals surface area contributed by atoms with Crippen LogP contribution in [-0.2, 0) is 32.7 Å². The van der Waals surface area contributed by atoms with Gasteiger partial charge in [0.05, 0.1) is 6.61 Å². The molecule has 8 heteroatoms. The number of hydrogen-bond acceptors (Lipinski definition) is 7. The lowest BCUT2D eigenvalue weighted by Gasteiger charge is -2.49. The average Bonchev–Trinajstić information content (AvgIpc) is 3.03. The number of nitrogens with zero attached hydrogens (tertiary/aromatic N) is 1. The Morgan fingerprint density at radius 2 is 1.39 bits per heavy atom. The van der Waals surface area contributed by atoms with Gasteiger partial charge in [-0.25, -0.2) is 0 Å². The molecule has 3 aromatic carbocycles. The third-order valence-corrected chi connectivity index (χ3v) is 10.8. The van der Waals surface area contributed by atoms with Crippen molar-refractivity contribution in [3.05, 3.63) is 125 Å². The Labute approximate surface area is 290 Å². The molecule has 0 saturated heterocycles. The molecule has 7 nitrogen and oxygen atoms in total. The Kier molecular flexibility index (Phi) is 9.22. The van der Waals surface area contributed by atoms with E-state index in [0.29, 0.717) is 54.5 Å². The van der Waals surface area contributed by atoms with Gasteiger partial charge in [0.15, 0.2) is 23.1 Å². The second kappa shape index (κ2) is 13.1. The Morgan fingerprint density at radius 3 is 1.92 bits per heavy atom. The Hall–Kier alpha value is -4.43. The van der Waals surface area contributed by atoms with Crippen molar-refractivity contribution in [1.82, 2.24) is 4.90 Å². The van der Waals surface area contributed by atoms with E-state index in [-0.39, 0.29) is 51.8 Å². The van der Waals surface area contributed by atoms with Crippen molar-refractivity contribution >= 4 is 21.7 Å². The highest BCUT2D eigenvalue weighted by Crippen LogP contribution is 2.55. The summed E-state index contributed by atoms with van der Waals surface area (Å²) in [6.45, 7) is 15.0. The van der Waals surface area contributed by atoms with E-state index in [2.05, 4.69) is 51.3 Å². The molecule has 2 aliphatic carbocycles. The van der Waals surface area contributed by atoms with Crippen LogP contribution in [0.15, 0.2) is 113 Å². The van der Waals surface area contributed by atoms with Gasteiger partial charge < -0.3 is 13.8 Å². The summed E-state index contributed by atoms with van der Waals surface area (Å²) in [5, 5.41) is 0. The van der Waals surface area contributed by atoms with Gasteiger partial charge in [-0.05, 0) is 66.3 Å². The minimum Gasteiger partial charge on any atom is -0.490 e. The number of hydrogen-bond donors (Lipinski definition) is 0. The molecule has 0 unspecified atom stereocenters. The van der Waals surface area contributed by atoms with Crippen LogP contribution in [0.25, 0.3) is 0 Å². The van der Waals surface area contributed by atoms with Crippen LogP contribution < -0.4 is 8.92 Å². The van der Waals surface area contributed by atoms with Crippen molar-refractivity contribution in [3.63, 3.8) is 0 Å². The molecule has 3 aliphatic rings. The van der Waals surface area contributed by atoms with Crippen molar-refractivity contribution in [2.45, 2.75) is 84.1 Å². The van der Waals surface area contributed by atoms with Crippen molar-refractivity contribution in [3.8, 4) is 11.5 Å². The van der Waals surface area contributed by atoms with E-state index in [9.17, 15) is 18.0 Å². The summed E-state index contributed by atoms with van der Waals surface area (Å²) < 4.78 is 38.8. The lowest BCUT2D eigenvalue weighted by Crippen LogP contribution is -2.44. The molecule has 256 valence electrons. The topological polar surface area (TPSA) is 90.0 Å². The molecule has 0 aromatic heterocycles. The van der Waals surface area contributed by atoms with Gasteiger partial charge in [-0.1, -0.05) is 88.4 Å². The Bertz CT molecular complexity index is 1920. The van der Waals surface area contributed by atoms with Crippen molar-refractivity contribution < 1.29 is 26.9 Å². The maximum Gasteiger partial charge on any atom is 0.339 e. The molecule has 0 atom stereocenters. The minimum absolute atomic E-state index is 0.0206. The standard InChI is InChI=1S/C41H45NO6S/c1-7-15-28-20-29(21-35(47-8-2)39(28)48-49(45,46)30-18-13-10-14-19-30)36-37-31(22-40(3,4)24-33(37)43)42(26-27-16-11-9-12-17-27)32-23-41(5,6)25-34(44)38(32)36/h7,9-14,16-21,36H,1,8,15,22-26H2,2-6H3. The van der Waals surface area contributed by atoms with Crippen LogP contribution in [0.2, 0.25) is 0 Å². The molecule has 0 N–H and O–H groups in total. The van der Waals surface area contributed by atoms with Crippen molar-refractivity contribution in [2.24, 2.45) is 10.8 Å². The predicted octanol–water partition coefficient (Wildman–Crippen LogP) is 8.47. The van der Waals surface area contributed by atoms with Gasteiger partial charge in [0, 0.05) is 53.4 Å². The monoisotopic (exact) mass is 679 g/mol. The van der Waals surface area contributed by atoms with Crippen LogP contribution in [0.5, 0.6) is 11.5 Å². The van der Waals surface area contributed by atoms with Crippen molar-refractivity contribution in [1.29, 1.82) is 0 Å². The SMILES string of the molecule is C=CCc1cc(C2C3=C(CC(C)(C)CC3=O)N(Cc3ccccc3)C3=C2C(=O)CC(C)(C)C3)cc(OCC)c1OS(=O)(=O)c1ccccc1. The van der Waals surface area contributed by atoms with E-state index < -0.39 is 16.0 Å². The van der Waals surface area contributed by atoms with Crippen LogP contribution >= 0.6 is 0 Å². The van der Waals surface area contributed by atoms with Crippen molar-refractivity contribution in [2.75, 3.05) is 6.61 Å². The Morgan fingerprint density at radius 1 is 0.837 bits per heavy atom. The number of benzene rings is 3. The van der Waals surface area contributed by atoms with E-state index in [4.69, 9.17) is 8.92 Å². The van der Waals surface area contributed by atoms with Gasteiger partial charge in [-0.3, -0.25) is 9.59 Å². The van der Waals surface area contributed by atoms with Crippen LogP contribution in [0, 0.1) is 10.8 Å². The third kappa shape index (κ3) is 6.89. The molecule has 0 fully saturated rings. The summed E-state index contributed by atoms with van der Waals surface area (Å²) in [6, 6.07) is 21.8. The first-order chi connectivity index (χ1) is 23.2. The number of allylic oxidation sites excluding steroid dienone is 5. The zero-order chi connectivity index (χ0) is 35.1. The lowest BCUT2D eigenvalue weighted by atomic mass is 9.63. The molecular formula is C41H45NO6S. The summed E-state index contributed by atoms with van der Waals surface area (Å²) in [6.07, 6.45) is 4.03. The van der Waals surface area contributed by atoms with Crippen LogP contribution in [0.1, 0.15) is 82.9 Å². The van der Waals surface area contributed by atoms with Gasteiger partial charge in [-0.2, -0.15) is 8.42 Å². The molecule has 1 heterocycles. The number of ether oxygens (including phenoxy) is 1. The van der Waals surface area contributed by atoms with Gasteiger partial charge in [0.1, 0.15) is 4.90 Å². The normalized spacial score (nSPS) is 19.0. The number of carbonyl (C=O) groups is 2. The largest absolute Gasteiger partial charge is 0.490 e. The molecule has 6 rings (SSSR count). The number of rotatable bonds is 10. The molecule has 0 amide bonds. The molecule has 0 bridgehead atoms. The van der Waals surface area contributed by atoms with E-state index in [1.807, 2.05) is 31.2 Å². The van der Waals surface area contributed by atoms with Gasteiger partial charge in [0.25, 0.3) is 0 Å². The highest BCUT2D eigenvalue weighted by Gasteiger charge is 2.49. The van der Waals surface area contributed by atoms with E-state index in [0.717, 1.165) is 17.0 Å². The summed E-state index contributed by atoms with van der Waals surface area (Å²) >= 11 is 0. The number of Topliss-reactive ketones (excluding diaryl/α,β-unsaturated/α-hetero) is 2. The fourth-order valence-corrected chi connectivity index (χ4v) is 8.59.